The van der Waals surface area contributed by atoms with Crippen LogP contribution in [0, 0.1) is 17.8 Å². The normalized spacial score (nSPS) is 42.3. The highest BCUT2D eigenvalue weighted by molar-refractivity contribution is 5.75. The predicted molar refractivity (Wildman–Crippen MR) is 41.0 cm³/mol. The van der Waals surface area contributed by atoms with Crippen molar-refractivity contribution in [3.63, 3.8) is 0 Å². The van der Waals surface area contributed by atoms with Gasteiger partial charge in [0.2, 0.25) is 0 Å². The van der Waals surface area contributed by atoms with E-state index in [9.17, 15) is 4.79 Å². The van der Waals surface area contributed by atoms with E-state index >= 15 is 0 Å². The fourth-order valence-corrected chi connectivity index (χ4v) is 2.49. The number of carbonyl (C=O) groups is 1. The predicted octanol–water partition coefficient (Wildman–Crippen LogP) is 1.60. The zero-order chi connectivity index (χ0) is 7.84. The molecule has 0 aromatic rings. The fourth-order valence-electron chi connectivity index (χ4n) is 2.49. The molecule has 1 aliphatic heterocycles. The molecule has 1 heterocycles. The molecule has 11 heavy (non-hydrogen) atoms. The largest absolute Gasteiger partial charge is 0.465 e. The zero-order valence-electron chi connectivity index (χ0n) is 6.88. The van der Waals surface area contributed by atoms with Gasteiger partial charge in [-0.15, -0.1) is 0 Å². The lowest BCUT2D eigenvalue weighted by molar-refractivity contribution is -0.142. The van der Waals surface area contributed by atoms with Crippen molar-refractivity contribution in [3.05, 3.63) is 0 Å². The van der Waals surface area contributed by atoms with Gasteiger partial charge < -0.3 is 4.74 Å². The topological polar surface area (TPSA) is 26.3 Å². The quantitative estimate of drug-likeness (QED) is 0.536. The van der Waals surface area contributed by atoms with Crippen molar-refractivity contribution in [1.29, 1.82) is 0 Å². The first kappa shape index (κ1) is 7.14. The summed E-state index contributed by atoms with van der Waals surface area (Å²) in [6.45, 7) is 2.86. The van der Waals surface area contributed by atoms with Gasteiger partial charge in [-0.25, -0.2) is 0 Å². The summed E-state index contributed by atoms with van der Waals surface area (Å²) in [4.78, 5) is 11.2. The van der Waals surface area contributed by atoms with Gasteiger partial charge >= 0.3 is 5.97 Å². The molecular weight excluding hydrogens is 140 g/mol. The molecule has 3 atom stereocenters. The van der Waals surface area contributed by atoms with Crippen molar-refractivity contribution in [2.75, 3.05) is 6.61 Å². The number of carbonyl (C=O) groups excluding carboxylic acids is 1. The number of rotatable bonds is 1. The molecule has 0 aromatic carbocycles. The van der Waals surface area contributed by atoms with Gasteiger partial charge in [-0.2, -0.15) is 0 Å². The molecule has 0 amide bonds. The summed E-state index contributed by atoms with van der Waals surface area (Å²) in [7, 11) is 0. The van der Waals surface area contributed by atoms with E-state index in [4.69, 9.17) is 4.74 Å². The summed E-state index contributed by atoms with van der Waals surface area (Å²) in [6, 6.07) is 0. The molecule has 2 nitrogen and oxygen atoms in total. The lowest BCUT2D eigenvalue weighted by atomic mass is 9.90. The minimum absolute atomic E-state index is 0.0688. The minimum Gasteiger partial charge on any atom is -0.465 e. The zero-order valence-corrected chi connectivity index (χ0v) is 6.88. The van der Waals surface area contributed by atoms with Gasteiger partial charge in [0.05, 0.1) is 12.5 Å². The van der Waals surface area contributed by atoms with E-state index in [1.165, 1.54) is 12.8 Å². The fraction of sp³-hybridized carbons (Fsp3) is 0.889. The SMILES string of the molecule is CCC1CCC2COC(=O)C12. The standard InChI is InChI=1S/C9H14O2/c1-2-6-3-4-7-5-11-9(10)8(6)7/h6-8H,2-5H2,1H3. The maximum atomic E-state index is 11.2. The van der Waals surface area contributed by atoms with E-state index in [1.54, 1.807) is 0 Å². The summed E-state index contributed by atoms with van der Waals surface area (Å²) < 4.78 is 5.01. The lowest BCUT2D eigenvalue weighted by Gasteiger charge is -2.11. The summed E-state index contributed by atoms with van der Waals surface area (Å²) in [5, 5.41) is 0. The van der Waals surface area contributed by atoms with Crippen molar-refractivity contribution in [1.82, 2.24) is 0 Å². The Labute approximate surface area is 66.9 Å². The second-order valence-corrected chi connectivity index (χ2v) is 3.66. The van der Waals surface area contributed by atoms with Crippen LogP contribution in [0.15, 0.2) is 0 Å². The van der Waals surface area contributed by atoms with Crippen LogP contribution >= 0.6 is 0 Å². The molecule has 0 spiro atoms. The van der Waals surface area contributed by atoms with Crippen LogP contribution in [0.25, 0.3) is 0 Å². The molecule has 0 bridgehead atoms. The second kappa shape index (κ2) is 2.50. The van der Waals surface area contributed by atoms with E-state index in [0.717, 1.165) is 6.42 Å². The van der Waals surface area contributed by atoms with Crippen LogP contribution < -0.4 is 0 Å². The maximum Gasteiger partial charge on any atom is 0.309 e. The van der Waals surface area contributed by atoms with Crippen LogP contribution in [0.2, 0.25) is 0 Å². The Balaban J connectivity index is 2.13. The number of fused-ring (bicyclic) bond motifs is 1. The smallest absolute Gasteiger partial charge is 0.309 e. The van der Waals surface area contributed by atoms with Crippen LogP contribution in [-0.2, 0) is 9.53 Å². The third-order valence-electron chi connectivity index (χ3n) is 3.16. The molecule has 2 aliphatic rings. The number of hydrogen-bond acceptors (Lipinski definition) is 2. The van der Waals surface area contributed by atoms with Gasteiger partial charge in [-0.1, -0.05) is 13.3 Å². The molecule has 2 heteroatoms. The molecule has 1 aliphatic carbocycles. The van der Waals surface area contributed by atoms with Crippen LogP contribution in [0.4, 0.5) is 0 Å². The highest BCUT2D eigenvalue weighted by Gasteiger charge is 2.45. The van der Waals surface area contributed by atoms with Crippen LogP contribution in [0.1, 0.15) is 26.2 Å². The Kier molecular flexibility index (Phi) is 1.63. The Morgan fingerprint density at radius 2 is 2.36 bits per heavy atom. The molecule has 2 rings (SSSR count). The first-order chi connectivity index (χ1) is 5.33. The average molecular weight is 154 g/mol. The van der Waals surface area contributed by atoms with E-state index in [2.05, 4.69) is 6.92 Å². The highest BCUT2D eigenvalue weighted by Crippen LogP contribution is 2.43. The first-order valence-electron chi connectivity index (χ1n) is 4.49. The molecule has 1 saturated carbocycles. The molecular formula is C9H14O2. The molecule has 1 saturated heterocycles. The Morgan fingerprint density at radius 1 is 1.55 bits per heavy atom. The number of cyclic esters (lactones) is 1. The van der Waals surface area contributed by atoms with Crippen molar-refractivity contribution in [3.8, 4) is 0 Å². The third-order valence-corrected chi connectivity index (χ3v) is 3.16. The molecule has 0 N–H and O–H groups in total. The van der Waals surface area contributed by atoms with E-state index in [-0.39, 0.29) is 11.9 Å². The van der Waals surface area contributed by atoms with E-state index < -0.39 is 0 Å². The van der Waals surface area contributed by atoms with Crippen LogP contribution in [0.3, 0.4) is 0 Å². The van der Waals surface area contributed by atoms with Gasteiger partial charge in [-0.3, -0.25) is 4.79 Å². The molecule has 0 radical (unpaired) electrons. The summed E-state index contributed by atoms with van der Waals surface area (Å²) >= 11 is 0. The third kappa shape index (κ3) is 0.959. The first-order valence-corrected chi connectivity index (χ1v) is 4.49. The van der Waals surface area contributed by atoms with Crippen LogP contribution in [0.5, 0.6) is 0 Å². The second-order valence-electron chi connectivity index (χ2n) is 3.66. The van der Waals surface area contributed by atoms with Gasteiger partial charge in [0.25, 0.3) is 0 Å². The number of esters is 1. The van der Waals surface area contributed by atoms with Crippen molar-refractivity contribution in [2.45, 2.75) is 26.2 Å². The van der Waals surface area contributed by atoms with Crippen molar-refractivity contribution >= 4 is 5.97 Å². The van der Waals surface area contributed by atoms with Gasteiger partial charge in [0, 0.05) is 5.92 Å². The van der Waals surface area contributed by atoms with Crippen molar-refractivity contribution < 1.29 is 9.53 Å². The minimum atomic E-state index is 0.0688. The van der Waals surface area contributed by atoms with E-state index in [1.807, 2.05) is 0 Å². The number of hydrogen-bond donors (Lipinski definition) is 0. The Hall–Kier alpha value is -0.530. The van der Waals surface area contributed by atoms with Gasteiger partial charge in [-0.05, 0) is 18.8 Å². The number of ether oxygens (including phenoxy) is 1. The van der Waals surface area contributed by atoms with Gasteiger partial charge in [0.15, 0.2) is 0 Å². The Bertz CT molecular complexity index is 176. The van der Waals surface area contributed by atoms with Gasteiger partial charge in [0.1, 0.15) is 0 Å². The van der Waals surface area contributed by atoms with Crippen molar-refractivity contribution in [2.24, 2.45) is 17.8 Å². The molecule has 2 fully saturated rings. The summed E-state index contributed by atoms with van der Waals surface area (Å²) in [6.07, 6.45) is 3.58. The maximum absolute atomic E-state index is 11.2. The lowest BCUT2D eigenvalue weighted by Crippen LogP contribution is -2.17. The van der Waals surface area contributed by atoms with Crippen LogP contribution in [-0.4, -0.2) is 12.6 Å². The molecule has 0 aromatic heterocycles. The molecule has 62 valence electrons. The van der Waals surface area contributed by atoms with E-state index in [0.29, 0.717) is 18.4 Å². The highest BCUT2D eigenvalue weighted by atomic mass is 16.5. The monoisotopic (exact) mass is 154 g/mol. The Morgan fingerprint density at radius 3 is 3.09 bits per heavy atom. The average Bonchev–Trinajstić information content (AvgIpc) is 2.54. The molecule has 3 unspecified atom stereocenters. The summed E-state index contributed by atoms with van der Waals surface area (Å²) in [5.41, 5.74) is 0. The summed E-state index contributed by atoms with van der Waals surface area (Å²) in [5.74, 6) is 1.52.